The molecule has 272 valence electrons. The van der Waals surface area contributed by atoms with E-state index in [-0.39, 0.29) is 18.8 Å². The van der Waals surface area contributed by atoms with Crippen LogP contribution in [0.4, 0.5) is 10.8 Å². The van der Waals surface area contributed by atoms with Gasteiger partial charge in [0.15, 0.2) is 5.13 Å². The van der Waals surface area contributed by atoms with Crippen molar-refractivity contribution in [3.63, 3.8) is 0 Å². The molecule has 4 heterocycles. The average molecular weight is 747 g/mol. The number of nitrogens with zero attached hydrogens (tertiary/aromatic N) is 2. The lowest BCUT2D eigenvalue weighted by molar-refractivity contribution is -0.177. The lowest BCUT2D eigenvalue weighted by atomic mass is 9.65. The molecule has 0 radical (unpaired) electrons. The van der Waals surface area contributed by atoms with E-state index in [9.17, 15) is 15.0 Å². The van der Waals surface area contributed by atoms with Gasteiger partial charge in [0.25, 0.3) is 0 Å². The molecule has 2 saturated heterocycles. The van der Waals surface area contributed by atoms with Gasteiger partial charge in [-0.3, -0.25) is 19.3 Å². The predicted octanol–water partition coefficient (Wildman–Crippen LogP) is 6.65. The molecule has 4 N–H and O–H groups in total. The second kappa shape index (κ2) is 13.8. The largest absolute Gasteiger partial charge is 0.508 e. The van der Waals surface area contributed by atoms with Gasteiger partial charge in [0.2, 0.25) is 11.8 Å². The number of carbonyl (C=O) groups excluding carboxylic acids is 3. The number of phenolic OH excluding ortho intramolecular Hbond substituents is 1. The van der Waals surface area contributed by atoms with E-state index in [0.29, 0.717) is 33.0 Å². The molecule has 11 heteroatoms. The van der Waals surface area contributed by atoms with Crippen molar-refractivity contribution in [1.82, 2.24) is 9.88 Å². The van der Waals surface area contributed by atoms with E-state index >= 15 is 9.59 Å². The van der Waals surface area contributed by atoms with Crippen molar-refractivity contribution in [2.45, 2.75) is 36.1 Å². The molecule has 0 bridgehead atoms. The van der Waals surface area contributed by atoms with Crippen LogP contribution in [-0.4, -0.2) is 50.5 Å². The lowest BCUT2D eigenvalue weighted by Crippen LogP contribution is -2.53. The Balaban J connectivity index is 1.32. The van der Waals surface area contributed by atoms with Crippen LogP contribution < -0.4 is 10.6 Å². The molecule has 1 aromatic heterocycles. The molecular formula is C44H34N4O6S. The summed E-state index contributed by atoms with van der Waals surface area (Å²) >= 11 is 1.30. The number of aliphatic hydroxyl groups is 1. The van der Waals surface area contributed by atoms with Gasteiger partial charge in [0.1, 0.15) is 23.3 Å². The number of nitrogens with one attached hydrogen (secondary N) is 2. The number of para-hydroxylation sites is 1. The molecule has 6 atom stereocenters. The number of ether oxygens (including phenoxy) is 1. The highest BCUT2D eigenvalue weighted by atomic mass is 32.1. The fourth-order valence-corrected chi connectivity index (χ4v) is 9.53. The van der Waals surface area contributed by atoms with Gasteiger partial charge in [0.05, 0.1) is 34.8 Å². The van der Waals surface area contributed by atoms with Crippen LogP contribution in [0.5, 0.6) is 5.75 Å². The van der Waals surface area contributed by atoms with Gasteiger partial charge >= 0.3 is 5.97 Å². The Morgan fingerprint density at radius 2 is 1.58 bits per heavy atom. The molecule has 5 aromatic carbocycles. The minimum atomic E-state index is -1.72. The molecular weight excluding hydrogens is 713 g/mol. The van der Waals surface area contributed by atoms with Gasteiger partial charge in [-0.1, -0.05) is 108 Å². The fraction of sp³-hybridized carbons (Fsp3) is 0.182. The topological polar surface area (TPSA) is 141 Å². The molecule has 55 heavy (non-hydrogen) atoms. The van der Waals surface area contributed by atoms with E-state index in [2.05, 4.69) is 27.5 Å². The van der Waals surface area contributed by atoms with Crippen LogP contribution in [0.25, 0.3) is 10.2 Å². The van der Waals surface area contributed by atoms with Gasteiger partial charge in [0, 0.05) is 17.7 Å². The number of benzene rings is 5. The van der Waals surface area contributed by atoms with Gasteiger partial charge in [-0.2, -0.15) is 0 Å². The second-order valence-electron chi connectivity index (χ2n) is 13.8. The zero-order valence-corrected chi connectivity index (χ0v) is 30.1. The molecule has 2 amide bonds. The van der Waals surface area contributed by atoms with E-state index in [1.807, 2.05) is 89.8 Å². The molecule has 0 saturated carbocycles. The number of aliphatic hydroxyl groups excluding tert-OH is 1. The highest BCUT2D eigenvalue weighted by Gasteiger charge is 2.74. The van der Waals surface area contributed by atoms with Crippen molar-refractivity contribution < 1.29 is 29.3 Å². The molecule has 3 aliphatic heterocycles. The number of anilines is 2. The summed E-state index contributed by atoms with van der Waals surface area (Å²) in [6, 6.07) is 35.7. The molecule has 6 unspecified atom stereocenters. The Kier molecular flexibility index (Phi) is 8.66. The Morgan fingerprint density at radius 3 is 2.31 bits per heavy atom. The molecule has 0 aliphatic carbocycles. The van der Waals surface area contributed by atoms with Crippen LogP contribution in [-0.2, 0) is 24.5 Å². The summed E-state index contributed by atoms with van der Waals surface area (Å²) in [6.45, 7) is -0.110. The maximum atomic E-state index is 15.3. The summed E-state index contributed by atoms with van der Waals surface area (Å²) in [6.07, 6.45) is -0.556. The van der Waals surface area contributed by atoms with Crippen LogP contribution in [0.3, 0.4) is 0 Å². The highest BCUT2D eigenvalue weighted by molar-refractivity contribution is 7.22. The maximum Gasteiger partial charge on any atom is 0.324 e. The Labute approximate surface area is 320 Å². The second-order valence-corrected chi connectivity index (χ2v) is 14.9. The molecule has 9 rings (SSSR count). The summed E-state index contributed by atoms with van der Waals surface area (Å²) in [5.41, 5.74) is 2.74. The smallest absolute Gasteiger partial charge is 0.324 e. The summed E-state index contributed by atoms with van der Waals surface area (Å²) < 4.78 is 7.32. The number of hydrogen-bond donors (Lipinski definition) is 4. The van der Waals surface area contributed by atoms with Crippen LogP contribution in [0.2, 0.25) is 0 Å². The standard InChI is InChI=1S/C44H34N4O6S/c49-24-10-9-11-26-18-23-32-31(25-26)44(42(53)45-32)35(40(51)47-43-46-33-16-7-8-17-34(33)55-43)37-41(52)54-38(28-14-5-2-6-15-28)36(27-12-3-1-4-13-27)48(37)39(44)29-19-21-30(50)22-20-29/h1-8,12-23,25,35-39,49-50H,10,24H2,(H,45,53)(H,46,47,51). The fourth-order valence-electron chi connectivity index (χ4n) is 8.66. The SMILES string of the molecule is O=C1OC(c2ccccc2)C(c2ccccc2)N2C1C(C(=O)Nc1nc3ccccc3s1)C1(C(=O)Nc3ccc(C#CCCO)cc31)C2c1ccc(O)cc1. The molecule has 3 aliphatic rings. The first kappa shape index (κ1) is 34.4. The first-order valence-corrected chi connectivity index (χ1v) is 18.8. The number of esters is 1. The van der Waals surface area contributed by atoms with Crippen molar-refractivity contribution in [2.24, 2.45) is 5.92 Å². The molecule has 2 fully saturated rings. The first-order chi connectivity index (χ1) is 26.9. The summed E-state index contributed by atoms with van der Waals surface area (Å²) in [5, 5.41) is 26.4. The number of thiazole rings is 1. The minimum absolute atomic E-state index is 0.0232. The Morgan fingerprint density at radius 1 is 0.873 bits per heavy atom. The average Bonchev–Trinajstić information content (AvgIpc) is 3.85. The highest BCUT2D eigenvalue weighted by Crippen LogP contribution is 2.65. The number of aromatic hydroxyl groups is 1. The van der Waals surface area contributed by atoms with Crippen molar-refractivity contribution >= 4 is 50.2 Å². The quantitative estimate of drug-likeness (QED) is 0.110. The number of hydrogen-bond acceptors (Lipinski definition) is 9. The van der Waals surface area contributed by atoms with Crippen molar-refractivity contribution in [3.8, 4) is 17.6 Å². The van der Waals surface area contributed by atoms with Gasteiger partial charge in [-0.25, -0.2) is 4.98 Å². The van der Waals surface area contributed by atoms with Crippen molar-refractivity contribution in [2.75, 3.05) is 17.2 Å². The minimum Gasteiger partial charge on any atom is -0.508 e. The third-order valence-corrected chi connectivity index (χ3v) is 11.7. The van der Waals surface area contributed by atoms with Crippen LogP contribution >= 0.6 is 11.3 Å². The monoisotopic (exact) mass is 746 g/mol. The number of rotatable bonds is 6. The van der Waals surface area contributed by atoms with Gasteiger partial charge < -0.3 is 25.6 Å². The number of amides is 2. The number of aromatic nitrogens is 1. The van der Waals surface area contributed by atoms with Gasteiger partial charge in [-0.05, 0) is 64.7 Å². The van der Waals surface area contributed by atoms with E-state index in [1.54, 1.807) is 42.5 Å². The summed E-state index contributed by atoms with van der Waals surface area (Å²) in [7, 11) is 0. The Bertz CT molecular complexity index is 2480. The lowest BCUT2D eigenvalue weighted by Gasteiger charge is -2.46. The van der Waals surface area contributed by atoms with Crippen LogP contribution in [0.15, 0.2) is 127 Å². The Hall–Kier alpha value is -6.32. The summed E-state index contributed by atoms with van der Waals surface area (Å²) in [5.74, 6) is 3.07. The first-order valence-electron chi connectivity index (χ1n) is 18.0. The predicted molar refractivity (Wildman–Crippen MR) is 208 cm³/mol. The zero-order chi connectivity index (χ0) is 37.7. The number of carbonyl (C=O) groups is 3. The van der Waals surface area contributed by atoms with Crippen molar-refractivity contribution in [3.05, 3.63) is 155 Å². The van der Waals surface area contributed by atoms with Crippen molar-refractivity contribution in [1.29, 1.82) is 0 Å². The zero-order valence-electron chi connectivity index (χ0n) is 29.3. The third kappa shape index (κ3) is 5.65. The third-order valence-electron chi connectivity index (χ3n) is 10.8. The van der Waals surface area contributed by atoms with E-state index < -0.39 is 53.3 Å². The number of phenols is 1. The van der Waals surface area contributed by atoms with Crippen LogP contribution in [0.1, 0.15) is 52.4 Å². The summed E-state index contributed by atoms with van der Waals surface area (Å²) in [4.78, 5) is 52.1. The van der Waals surface area contributed by atoms with E-state index in [1.165, 1.54) is 11.3 Å². The number of fused-ring (bicyclic) bond motifs is 4. The molecule has 1 spiro atoms. The molecule has 6 aromatic rings. The normalized spacial score (nSPS) is 24.1. The van der Waals surface area contributed by atoms with E-state index in [4.69, 9.17) is 4.74 Å². The number of morpholine rings is 1. The van der Waals surface area contributed by atoms with E-state index in [0.717, 1.165) is 15.8 Å². The van der Waals surface area contributed by atoms with Crippen LogP contribution in [0, 0.1) is 17.8 Å². The number of cyclic esters (lactones) is 1. The maximum absolute atomic E-state index is 15.3. The van der Waals surface area contributed by atoms with Gasteiger partial charge in [-0.15, -0.1) is 0 Å². The molecule has 10 nitrogen and oxygen atoms in total.